The molecule has 0 saturated heterocycles. The first-order valence-electron chi connectivity index (χ1n) is 11.0. The van der Waals surface area contributed by atoms with Crippen molar-refractivity contribution in [2.75, 3.05) is 13.6 Å². The third-order valence-electron chi connectivity index (χ3n) is 5.96. The monoisotopic (exact) mass is 502 g/mol. The summed E-state index contributed by atoms with van der Waals surface area (Å²) in [6.45, 7) is 3.86. The minimum atomic E-state index is -0.761. The molecule has 1 aliphatic rings. The van der Waals surface area contributed by atoms with Crippen LogP contribution >= 0.6 is 11.3 Å². The number of halogens is 2. The van der Waals surface area contributed by atoms with E-state index in [2.05, 4.69) is 10.3 Å². The Kier molecular flexibility index (Phi) is 6.70. The molecule has 2 aromatic heterocycles. The van der Waals surface area contributed by atoms with E-state index in [4.69, 9.17) is 0 Å². The van der Waals surface area contributed by atoms with Crippen LogP contribution in [-0.4, -0.2) is 51.0 Å². The van der Waals surface area contributed by atoms with Gasteiger partial charge in [0.15, 0.2) is 11.4 Å². The Morgan fingerprint density at radius 3 is 2.71 bits per heavy atom. The number of carbonyl (C=O) groups excluding carboxylic acids is 2. The van der Waals surface area contributed by atoms with Crippen LogP contribution in [0.4, 0.5) is 8.78 Å². The molecule has 3 heterocycles. The maximum atomic E-state index is 14.1. The van der Waals surface area contributed by atoms with Crippen LogP contribution in [0, 0.1) is 11.6 Å². The second-order valence-electron chi connectivity index (χ2n) is 8.60. The summed E-state index contributed by atoms with van der Waals surface area (Å²) in [5.41, 5.74) is -0.591. The highest BCUT2D eigenvalue weighted by atomic mass is 32.1. The predicted octanol–water partition coefficient (Wildman–Crippen LogP) is 3.09. The number of rotatable bonds is 6. The van der Waals surface area contributed by atoms with E-state index in [9.17, 15) is 28.3 Å². The van der Waals surface area contributed by atoms with Gasteiger partial charge in [-0.1, -0.05) is 6.07 Å². The van der Waals surface area contributed by atoms with E-state index in [-0.39, 0.29) is 53.2 Å². The molecule has 0 bridgehead atoms. The molecule has 35 heavy (non-hydrogen) atoms. The number of fused-ring (bicyclic) bond motifs is 1. The molecular weight excluding hydrogens is 478 g/mol. The van der Waals surface area contributed by atoms with Crippen LogP contribution in [-0.2, 0) is 11.2 Å². The molecule has 0 fully saturated rings. The van der Waals surface area contributed by atoms with Gasteiger partial charge in [-0.25, -0.2) is 13.8 Å². The van der Waals surface area contributed by atoms with Gasteiger partial charge < -0.3 is 19.9 Å². The fourth-order valence-corrected chi connectivity index (χ4v) is 5.04. The molecule has 0 saturated carbocycles. The first-order chi connectivity index (χ1) is 16.6. The number of hydrogen-bond donors (Lipinski definition) is 2. The van der Waals surface area contributed by atoms with Gasteiger partial charge in [0.05, 0.1) is 11.6 Å². The third kappa shape index (κ3) is 4.68. The normalized spacial score (nSPS) is 15.4. The highest BCUT2D eigenvalue weighted by Crippen LogP contribution is 2.33. The van der Waals surface area contributed by atoms with Gasteiger partial charge in [-0.15, -0.1) is 11.3 Å². The summed E-state index contributed by atoms with van der Waals surface area (Å²) in [5, 5.41) is 13.6. The molecule has 2 N–H and O–H groups in total. The Bertz CT molecular complexity index is 1370. The number of carbonyl (C=O) groups is 2. The Morgan fingerprint density at radius 1 is 1.31 bits per heavy atom. The molecule has 1 unspecified atom stereocenters. The summed E-state index contributed by atoms with van der Waals surface area (Å²) < 4.78 is 28.7. The first kappa shape index (κ1) is 24.5. The lowest BCUT2D eigenvalue weighted by molar-refractivity contribution is -0.121. The van der Waals surface area contributed by atoms with E-state index in [1.165, 1.54) is 35.0 Å². The number of hydrogen-bond acceptors (Lipinski definition) is 6. The Hall–Kier alpha value is -3.60. The third-order valence-corrected chi connectivity index (χ3v) is 6.99. The molecule has 0 aliphatic carbocycles. The molecule has 1 atom stereocenters. The van der Waals surface area contributed by atoms with Gasteiger partial charge >= 0.3 is 0 Å². The quantitative estimate of drug-likeness (QED) is 0.539. The zero-order valence-corrected chi connectivity index (χ0v) is 20.2. The Labute approximate surface area is 203 Å². The number of aromatic nitrogens is 2. The van der Waals surface area contributed by atoms with Crippen molar-refractivity contribution in [1.29, 1.82) is 0 Å². The van der Waals surface area contributed by atoms with Gasteiger partial charge in [0.25, 0.3) is 5.91 Å². The molecule has 11 heteroatoms. The number of nitrogens with one attached hydrogen (secondary N) is 1. The fraction of sp³-hybridized carbons (Fsp3) is 0.333. The number of nitrogens with zero attached hydrogens (tertiary/aromatic N) is 3. The van der Waals surface area contributed by atoms with Crippen molar-refractivity contribution in [2.24, 2.45) is 0 Å². The van der Waals surface area contributed by atoms with E-state index < -0.39 is 34.8 Å². The summed E-state index contributed by atoms with van der Waals surface area (Å²) in [4.78, 5) is 44.7. The number of thiazole rings is 1. The van der Waals surface area contributed by atoms with Crippen molar-refractivity contribution >= 4 is 23.2 Å². The maximum Gasteiger partial charge on any atom is 0.274 e. The molecule has 8 nitrogen and oxygen atoms in total. The molecule has 0 radical (unpaired) electrons. The van der Waals surface area contributed by atoms with E-state index >= 15 is 0 Å². The van der Waals surface area contributed by atoms with Crippen molar-refractivity contribution in [3.05, 3.63) is 68.6 Å². The summed E-state index contributed by atoms with van der Waals surface area (Å²) in [5.74, 6) is -2.82. The Morgan fingerprint density at radius 2 is 2.06 bits per heavy atom. The summed E-state index contributed by atoms with van der Waals surface area (Å²) in [6.07, 6.45) is 3.11. The van der Waals surface area contributed by atoms with Crippen LogP contribution < -0.4 is 10.7 Å². The zero-order valence-electron chi connectivity index (χ0n) is 19.3. The Balaban J connectivity index is 1.76. The topological polar surface area (TPSA) is 105 Å². The summed E-state index contributed by atoms with van der Waals surface area (Å²) >= 11 is 1.12. The van der Waals surface area contributed by atoms with Gasteiger partial charge in [-0.05, 0) is 25.5 Å². The van der Waals surface area contributed by atoms with Crippen LogP contribution in [0.3, 0.4) is 0 Å². The second-order valence-corrected chi connectivity index (χ2v) is 9.72. The smallest absolute Gasteiger partial charge is 0.274 e. The van der Waals surface area contributed by atoms with Gasteiger partial charge in [0.2, 0.25) is 11.3 Å². The lowest BCUT2D eigenvalue weighted by Gasteiger charge is -2.38. The van der Waals surface area contributed by atoms with E-state index in [1.807, 2.05) is 13.8 Å². The highest BCUT2D eigenvalue weighted by molar-refractivity contribution is 7.15. The van der Waals surface area contributed by atoms with E-state index in [0.29, 0.717) is 4.88 Å². The van der Waals surface area contributed by atoms with Crippen LogP contribution in [0.1, 0.15) is 47.2 Å². The second kappa shape index (κ2) is 9.57. The zero-order chi connectivity index (χ0) is 25.4. The molecule has 184 valence electrons. The van der Waals surface area contributed by atoms with E-state index in [1.54, 1.807) is 0 Å². The molecular formula is C24H24F2N4O4S. The largest absolute Gasteiger partial charge is 0.503 e. The molecule has 1 aliphatic heterocycles. The minimum absolute atomic E-state index is 0.0364. The number of benzene rings is 1. The van der Waals surface area contributed by atoms with E-state index in [0.717, 1.165) is 23.5 Å². The lowest BCUT2D eigenvalue weighted by Crippen LogP contribution is -2.48. The van der Waals surface area contributed by atoms with Crippen molar-refractivity contribution in [1.82, 2.24) is 19.8 Å². The van der Waals surface area contributed by atoms with Crippen molar-refractivity contribution < 1.29 is 23.5 Å². The van der Waals surface area contributed by atoms with Gasteiger partial charge in [-0.3, -0.25) is 14.4 Å². The van der Waals surface area contributed by atoms with Crippen molar-refractivity contribution in [2.45, 2.75) is 38.8 Å². The predicted molar refractivity (Wildman–Crippen MR) is 127 cm³/mol. The molecule has 2 amide bonds. The van der Waals surface area contributed by atoms with Crippen molar-refractivity contribution in [3.63, 3.8) is 0 Å². The van der Waals surface area contributed by atoms with Gasteiger partial charge in [-0.2, -0.15) is 0 Å². The average molecular weight is 503 g/mol. The van der Waals surface area contributed by atoms with Crippen molar-refractivity contribution in [3.8, 4) is 16.3 Å². The van der Waals surface area contributed by atoms with Crippen LogP contribution in [0.5, 0.6) is 5.75 Å². The van der Waals surface area contributed by atoms with Crippen LogP contribution in [0.2, 0.25) is 0 Å². The summed E-state index contributed by atoms with van der Waals surface area (Å²) in [7, 11) is 1.51. The van der Waals surface area contributed by atoms with Crippen LogP contribution in [0.15, 0.2) is 35.4 Å². The fourth-order valence-electron chi connectivity index (χ4n) is 4.10. The van der Waals surface area contributed by atoms with Gasteiger partial charge in [0, 0.05) is 55.8 Å². The molecule has 3 aromatic rings. The number of amides is 2. The number of aromatic hydroxyl groups is 1. The lowest BCUT2D eigenvalue weighted by atomic mass is 10.0. The SMILES string of the molecule is CNC(=O)CC1CN(C(C)C)C(=O)c2c(O)c(=O)c(-c3ncc(Cc4ccc(F)cc4F)s3)cn21. The first-order valence-corrected chi connectivity index (χ1v) is 11.8. The minimum Gasteiger partial charge on any atom is -0.503 e. The van der Waals surface area contributed by atoms with Crippen LogP contribution in [0.25, 0.3) is 10.6 Å². The number of pyridine rings is 1. The standard InChI is InChI=1S/C24H24F2N4O4S/c1-12(2)29-10-15(8-19(31)27-3)30-11-17(21(32)22(33)20(30)24(29)34)23-28-9-16(35-23)6-13-4-5-14(25)7-18(13)26/h4-5,7,9,11-12,15,33H,6,8,10H2,1-3H3,(H,27,31). The molecule has 1 aromatic carbocycles. The van der Waals surface area contributed by atoms with Gasteiger partial charge in [0.1, 0.15) is 16.6 Å². The average Bonchev–Trinajstić information content (AvgIpc) is 3.27. The molecule has 4 rings (SSSR count). The summed E-state index contributed by atoms with van der Waals surface area (Å²) in [6, 6.07) is 2.60. The molecule has 0 spiro atoms. The highest BCUT2D eigenvalue weighted by Gasteiger charge is 2.37. The maximum absolute atomic E-state index is 14.1.